The summed E-state index contributed by atoms with van der Waals surface area (Å²) in [5, 5.41) is 12.6. The summed E-state index contributed by atoms with van der Waals surface area (Å²) in [6, 6.07) is 7.47. The molecule has 0 heterocycles. The van der Waals surface area contributed by atoms with Gasteiger partial charge in [-0.3, -0.25) is 0 Å². The van der Waals surface area contributed by atoms with Crippen molar-refractivity contribution >= 4 is 23.6 Å². The number of carbonyl (C=O) groups excluding carboxylic acids is 1. The molecule has 0 bridgehead atoms. The molecule has 2 rings (SSSR count). The Hall–Kier alpha value is -3.82. The van der Waals surface area contributed by atoms with Gasteiger partial charge in [-0.2, -0.15) is 4.99 Å². The first-order chi connectivity index (χ1) is 16.2. The van der Waals surface area contributed by atoms with E-state index in [0.717, 1.165) is 0 Å². The molecule has 34 heavy (non-hydrogen) atoms. The number of carboxylic acids is 1. The summed E-state index contributed by atoms with van der Waals surface area (Å²) in [7, 11) is 0. The van der Waals surface area contributed by atoms with Crippen molar-refractivity contribution in [3.63, 3.8) is 0 Å². The van der Waals surface area contributed by atoms with Gasteiger partial charge < -0.3 is 30.4 Å². The van der Waals surface area contributed by atoms with Gasteiger partial charge in [0.05, 0.1) is 19.8 Å². The molecule has 0 saturated carbocycles. The number of amidine groups is 1. The fourth-order valence-corrected chi connectivity index (χ4v) is 2.92. The van der Waals surface area contributed by atoms with Crippen molar-refractivity contribution in [1.29, 1.82) is 0 Å². The third-order valence-corrected chi connectivity index (χ3v) is 4.45. The fourth-order valence-electron chi connectivity index (χ4n) is 2.92. The molecule has 184 valence electrons. The van der Waals surface area contributed by atoms with Crippen LogP contribution in [0.4, 0.5) is 14.9 Å². The van der Waals surface area contributed by atoms with E-state index in [1.807, 2.05) is 13.8 Å². The second-order valence-corrected chi connectivity index (χ2v) is 7.65. The Morgan fingerprint density at radius 1 is 1.12 bits per heavy atom. The highest BCUT2D eigenvalue weighted by molar-refractivity contribution is 6.02. The molecule has 1 amide bonds. The molecule has 4 N–H and O–H groups in total. The summed E-state index contributed by atoms with van der Waals surface area (Å²) in [6.45, 7) is 7.99. The predicted molar refractivity (Wildman–Crippen MR) is 126 cm³/mol. The lowest BCUT2D eigenvalue weighted by Gasteiger charge is -2.20. The largest absolute Gasteiger partial charge is 0.494 e. The lowest BCUT2D eigenvalue weighted by atomic mass is 10.0. The zero-order chi connectivity index (χ0) is 25.3. The first kappa shape index (κ1) is 26.4. The zero-order valence-corrected chi connectivity index (χ0v) is 19.6. The molecule has 9 nitrogen and oxygen atoms in total. The SMILES string of the molecule is CCOc1cc(OCC)c(F)c(C(Nc2ccc(/C(N)=N/C(=O)OCC(C)C)cc2)C(=O)O)c1. The Balaban J connectivity index is 2.27. The van der Waals surface area contributed by atoms with E-state index in [1.165, 1.54) is 12.1 Å². The van der Waals surface area contributed by atoms with Gasteiger partial charge >= 0.3 is 12.1 Å². The lowest BCUT2D eigenvalue weighted by Crippen LogP contribution is -2.22. The number of nitrogens with zero attached hydrogens (tertiary/aromatic N) is 1. The molecule has 0 saturated heterocycles. The molecule has 10 heteroatoms. The molecule has 0 aliphatic rings. The van der Waals surface area contributed by atoms with Crippen molar-refractivity contribution < 1.29 is 33.3 Å². The monoisotopic (exact) mass is 475 g/mol. The number of rotatable bonds is 11. The molecule has 0 aliphatic heterocycles. The van der Waals surface area contributed by atoms with Crippen LogP contribution in [0.5, 0.6) is 11.5 Å². The number of amides is 1. The van der Waals surface area contributed by atoms with E-state index in [1.54, 1.807) is 38.1 Å². The minimum atomic E-state index is -1.43. The van der Waals surface area contributed by atoms with Gasteiger partial charge in [0.25, 0.3) is 0 Å². The molecule has 1 atom stereocenters. The number of carbonyl (C=O) groups is 2. The highest BCUT2D eigenvalue weighted by Crippen LogP contribution is 2.33. The van der Waals surface area contributed by atoms with Crippen LogP contribution < -0.4 is 20.5 Å². The summed E-state index contributed by atoms with van der Waals surface area (Å²) >= 11 is 0. The molecule has 2 aromatic rings. The number of aliphatic imine (C=N–C) groups is 1. The van der Waals surface area contributed by atoms with E-state index >= 15 is 4.39 Å². The Morgan fingerprint density at radius 3 is 2.32 bits per heavy atom. The lowest BCUT2D eigenvalue weighted by molar-refractivity contribution is -0.138. The Kier molecular flexibility index (Phi) is 9.66. The van der Waals surface area contributed by atoms with E-state index in [0.29, 0.717) is 23.6 Å². The van der Waals surface area contributed by atoms with Crippen LogP contribution in [-0.2, 0) is 9.53 Å². The maximum atomic E-state index is 15.0. The van der Waals surface area contributed by atoms with Crippen LogP contribution in [0.1, 0.15) is 44.9 Å². The van der Waals surface area contributed by atoms with E-state index in [-0.39, 0.29) is 36.3 Å². The van der Waals surface area contributed by atoms with Crippen LogP contribution >= 0.6 is 0 Å². The van der Waals surface area contributed by atoms with Crippen LogP contribution in [0, 0.1) is 11.7 Å². The van der Waals surface area contributed by atoms with Crippen LogP contribution in [0.2, 0.25) is 0 Å². The highest BCUT2D eigenvalue weighted by Gasteiger charge is 2.27. The number of aliphatic carboxylic acids is 1. The Labute approximate surface area is 197 Å². The van der Waals surface area contributed by atoms with Gasteiger partial charge in [-0.15, -0.1) is 0 Å². The molecule has 1 unspecified atom stereocenters. The van der Waals surface area contributed by atoms with Gasteiger partial charge in [-0.25, -0.2) is 14.0 Å². The van der Waals surface area contributed by atoms with Crippen molar-refractivity contribution in [1.82, 2.24) is 0 Å². The number of benzene rings is 2. The van der Waals surface area contributed by atoms with Gasteiger partial charge in [0.15, 0.2) is 17.6 Å². The number of ether oxygens (including phenoxy) is 3. The van der Waals surface area contributed by atoms with E-state index in [2.05, 4.69) is 10.3 Å². The van der Waals surface area contributed by atoms with Gasteiger partial charge in [0.1, 0.15) is 11.6 Å². The topological polar surface area (TPSA) is 132 Å². The molecular weight excluding hydrogens is 445 g/mol. The summed E-state index contributed by atoms with van der Waals surface area (Å²) in [5.74, 6) is -1.78. The van der Waals surface area contributed by atoms with E-state index in [9.17, 15) is 14.7 Å². The number of nitrogens with two attached hydrogens (primary N) is 1. The minimum Gasteiger partial charge on any atom is -0.494 e. The third-order valence-electron chi connectivity index (χ3n) is 4.45. The average Bonchev–Trinajstić information content (AvgIpc) is 2.79. The van der Waals surface area contributed by atoms with Gasteiger partial charge in [-0.05, 0) is 50.1 Å². The first-order valence-corrected chi connectivity index (χ1v) is 10.9. The van der Waals surface area contributed by atoms with Crippen LogP contribution in [-0.4, -0.2) is 42.8 Å². The Bertz CT molecular complexity index is 1020. The average molecular weight is 476 g/mol. The molecule has 0 aromatic heterocycles. The van der Waals surface area contributed by atoms with Crippen molar-refractivity contribution in [2.75, 3.05) is 25.1 Å². The zero-order valence-electron chi connectivity index (χ0n) is 19.6. The molecule has 0 radical (unpaired) electrons. The maximum absolute atomic E-state index is 15.0. The molecule has 0 spiro atoms. The molecule has 0 aliphatic carbocycles. The maximum Gasteiger partial charge on any atom is 0.435 e. The standard InChI is InChI=1S/C24H30FN3O6/c1-5-32-17-11-18(20(25)19(12-17)33-6-2)21(23(29)30)27-16-9-7-15(8-10-16)22(26)28-24(31)34-13-14(3)4/h7-12,14,21,27H,5-6,13H2,1-4H3,(H,29,30)(H2,26,28,31). The summed E-state index contributed by atoms with van der Waals surface area (Å²) in [4.78, 5) is 27.4. The van der Waals surface area contributed by atoms with Crippen LogP contribution in [0.15, 0.2) is 41.4 Å². The molecule has 2 aromatic carbocycles. The van der Waals surface area contributed by atoms with Crippen LogP contribution in [0.25, 0.3) is 0 Å². The van der Waals surface area contributed by atoms with Crippen molar-refractivity contribution in [2.24, 2.45) is 16.6 Å². The fraction of sp³-hybridized carbons (Fsp3) is 0.375. The minimum absolute atomic E-state index is 0.0492. The predicted octanol–water partition coefficient (Wildman–Crippen LogP) is 4.36. The number of hydrogen-bond acceptors (Lipinski definition) is 6. The highest BCUT2D eigenvalue weighted by atomic mass is 19.1. The number of halogens is 1. The number of nitrogens with one attached hydrogen (secondary N) is 1. The van der Waals surface area contributed by atoms with Gasteiger partial charge in [0, 0.05) is 22.9 Å². The normalized spacial score (nSPS) is 12.2. The van der Waals surface area contributed by atoms with Gasteiger partial charge in [-0.1, -0.05) is 13.8 Å². The summed E-state index contributed by atoms with van der Waals surface area (Å²) in [5.41, 5.74) is 6.53. The molecule has 0 fully saturated rings. The van der Waals surface area contributed by atoms with Crippen molar-refractivity contribution in [3.05, 3.63) is 53.3 Å². The number of carboxylic acid groups (broad SMARTS) is 1. The third kappa shape index (κ3) is 7.36. The van der Waals surface area contributed by atoms with E-state index in [4.69, 9.17) is 19.9 Å². The van der Waals surface area contributed by atoms with Crippen molar-refractivity contribution in [3.8, 4) is 11.5 Å². The quantitative estimate of drug-likeness (QED) is 0.323. The summed E-state index contributed by atoms with van der Waals surface area (Å²) in [6.07, 6.45) is -0.797. The Morgan fingerprint density at radius 2 is 1.76 bits per heavy atom. The first-order valence-electron chi connectivity index (χ1n) is 10.9. The smallest absolute Gasteiger partial charge is 0.435 e. The van der Waals surface area contributed by atoms with Crippen LogP contribution in [0.3, 0.4) is 0 Å². The van der Waals surface area contributed by atoms with Crippen molar-refractivity contribution in [2.45, 2.75) is 33.7 Å². The second kappa shape index (κ2) is 12.4. The summed E-state index contributed by atoms with van der Waals surface area (Å²) < 4.78 is 30.8. The number of anilines is 1. The second-order valence-electron chi connectivity index (χ2n) is 7.65. The van der Waals surface area contributed by atoms with Gasteiger partial charge in [0.2, 0.25) is 0 Å². The molecular formula is C24H30FN3O6. The number of hydrogen-bond donors (Lipinski definition) is 3. The van der Waals surface area contributed by atoms with E-state index < -0.39 is 23.9 Å².